The first-order valence-corrected chi connectivity index (χ1v) is 9.05. The van der Waals surface area contributed by atoms with E-state index in [9.17, 15) is 4.79 Å². The molecule has 1 aliphatic carbocycles. The molecule has 2 aromatic rings. The van der Waals surface area contributed by atoms with Crippen molar-refractivity contribution in [2.24, 2.45) is 4.99 Å². The zero-order valence-electron chi connectivity index (χ0n) is 15.1. The highest BCUT2D eigenvalue weighted by Crippen LogP contribution is 2.21. The van der Waals surface area contributed by atoms with Gasteiger partial charge in [-0.1, -0.05) is 43.0 Å². The summed E-state index contributed by atoms with van der Waals surface area (Å²) < 4.78 is 7.08. The van der Waals surface area contributed by atoms with Gasteiger partial charge >= 0.3 is 0 Å². The van der Waals surface area contributed by atoms with E-state index in [-0.39, 0.29) is 5.91 Å². The molecule has 0 N–H and O–H groups in total. The molecule has 1 heterocycles. The van der Waals surface area contributed by atoms with E-state index < -0.39 is 0 Å². The lowest BCUT2D eigenvalue weighted by molar-refractivity contribution is 0.0907. The van der Waals surface area contributed by atoms with Gasteiger partial charge in [0.05, 0.1) is 19.6 Å². The van der Waals surface area contributed by atoms with Crippen molar-refractivity contribution in [2.75, 3.05) is 7.11 Å². The van der Waals surface area contributed by atoms with E-state index in [2.05, 4.69) is 0 Å². The lowest BCUT2D eigenvalue weighted by Crippen LogP contribution is -2.30. The van der Waals surface area contributed by atoms with Crippen LogP contribution in [-0.4, -0.2) is 23.6 Å². The van der Waals surface area contributed by atoms with Crippen LogP contribution in [0.5, 0.6) is 5.75 Å². The smallest absolute Gasteiger partial charge is 0.236 e. The molecule has 1 fully saturated rings. The molecule has 1 aromatic carbocycles. The molecule has 0 spiro atoms. The number of carbonyl (C=O) groups is 1. The summed E-state index contributed by atoms with van der Waals surface area (Å²) in [5.74, 6) is 0.764. The number of nitrogens with zero attached hydrogens (tertiary/aromatic N) is 2. The molecule has 1 saturated carbocycles. The molecule has 0 radical (unpaired) electrons. The van der Waals surface area contributed by atoms with E-state index in [1.54, 1.807) is 11.7 Å². The molecule has 4 heteroatoms. The second-order valence-corrected chi connectivity index (χ2v) is 6.74. The Labute approximate surface area is 149 Å². The number of pyridine rings is 1. The van der Waals surface area contributed by atoms with Crippen LogP contribution in [0.15, 0.2) is 47.6 Å². The molecule has 0 amide bonds. The van der Waals surface area contributed by atoms with Crippen molar-refractivity contribution >= 4 is 5.91 Å². The molecule has 0 unspecified atom stereocenters. The molecule has 25 heavy (non-hydrogen) atoms. The lowest BCUT2D eigenvalue weighted by atomic mass is 9.96. The molecule has 1 aliphatic rings. The Balaban J connectivity index is 1.88. The van der Waals surface area contributed by atoms with Gasteiger partial charge in [0.15, 0.2) is 0 Å². The number of methoxy groups -OCH3 is 1. The van der Waals surface area contributed by atoms with Crippen LogP contribution in [0.2, 0.25) is 0 Å². The first-order chi connectivity index (χ1) is 12.2. The highest BCUT2D eigenvalue weighted by molar-refractivity contribution is 5.81. The Morgan fingerprint density at radius 3 is 2.76 bits per heavy atom. The van der Waals surface area contributed by atoms with Crippen molar-refractivity contribution in [1.82, 2.24) is 4.57 Å². The van der Waals surface area contributed by atoms with Gasteiger partial charge in [-0.2, -0.15) is 0 Å². The fraction of sp³-hybridized carbons (Fsp3) is 0.429. The maximum atomic E-state index is 12.9. The minimum Gasteiger partial charge on any atom is -0.496 e. The summed E-state index contributed by atoms with van der Waals surface area (Å²) in [4.78, 5) is 17.8. The molecule has 0 bridgehead atoms. The first-order valence-electron chi connectivity index (χ1n) is 9.05. The summed E-state index contributed by atoms with van der Waals surface area (Å²) in [7, 11) is 1.64. The number of carbonyl (C=O) groups excluding carboxylic acids is 1. The maximum absolute atomic E-state index is 12.9. The summed E-state index contributed by atoms with van der Waals surface area (Å²) in [6.07, 6.45) is 8.11. The average molecular weight is 338 g/mol. The van der Waals surface area contributed by atoms with Crippen LogP contribution in [0, 0.1) is 6.92 Å². The predicted octanol–water partition coefficient (Wildman–Crippen LogP) is 3.92. The van der Waals surface area contributed by atoms with Gasteiger partial charge in [-0.15, -0.1) is 0 Å². The van der Waals surface area contributed by atoms with E-state index in [0.29, 0.717) is 12.5 Å². The fourth-order valence-corrected chi connectivity index (χ4v) is 3.44. The van der Waals surface area contributed by atoms with Gasteiger partial charge < -0.3 is 4.74 Å². The Bertz CT molecular complexity index is 802. The van der Waals surface area contributed by atoms with Gasteiger partial charge in [0.25, 0.3) is 0 Å². The van der Waals surface area contributed by atoms with E-state index in [4.69, 9.17) is 9.73 Å². The minimum absolute atomic E-state index is 0.0130. The SMILES string of the molecule is COc1ccc(C)cc1CC(=O)n1ccccc1=NC1CCCCC1. The second kappa shape index (κ2) is 8.15. The topological polar surface area (TPSA) is 43.6 Å². The van der Waals surface area contributed by atoms with E-state index in [0.717, 1.165) is 35.2 Å². The molecule has 0 atom stereocenters. The van der Waals surface area contributed by atoms with Crippen molar-refractivity contribution in [1.29, 1.82) is 0 Å². The zero-order chi connectivity index (χ0) is 17.6. The Kier molecular flexibility index (Phi) is 5.69. The predicted molar refractivity (Wildman–Crippen MR) is 98.9 cm³/mol. The van der Waals surface area contributed by atoms with Gasteiger partial charge in [0.1, 0.15) is 11.2 Å². The average Bonchev–Trinajstić information content (AvgIpc) is 2.63. The van der Waals surface area contributed by atoms with Crippen LogP contribution >= 0.6 is 0 Å². The highest BCUT2D eigenvalue weighted by atomic mass is 16.5. The fourth-order valence-electron chi connectivity index (χ4n) is 3.44. The van der Waals surface area contributed by atoms with Gasteiger partial charge in [-0.3, -0.25) is 14.4 Å². The Hall–Kier alpha value is -2.36. The van der Waals surface area contributed by atoms with Gasteiger partial charge in [-0.25, -0.2) is 0 Å². The van der Waals surface area contributed by atoms with Crippen LogP contribution in [0.4, 0.5) is 0 Å². The summed E-state index contributed by atoms with van der Waals surface area (Å²) in [5.41, 5.74) is 2.78. The zero-order valence-corrected chi connectivity index (χ0v) is 15.1. The third-order valence-electron chi connectivity index (χ3n) is 4.77. The van der Waals surface area contributed by atoms with Crippen LogP contribution < -0.4 is 10.2 Å². The molecular weight excluding hydrogens is 312 g/mol. The number of ether oxygens (including phenoxy) is 1. The summed E-state index contributed by atoms with van der Waals surface area (Å²) in [6.45, 7) is 2.02. The maximum Gasteiger partial charge on any atom is 0.236 e. The number of benzene rings is 1. The van der Waals surface area contributed by atoms with Crippen molar-refractivity contribution in [2.45, 2.75) is 51.5 Å². The Morgan fingerprint density at radius 1 is 1.20 bits per heavy atom. The number of hydrogen-bond donors (Lipinski definition) is 0. The highest BCUT2D eigenvalue weighted by Gasteiger charge is 2.14. The molecule has 3 rings (SSSR count). The van der Waals surface area contributed by atoms with Crippen molar-refractivity contribution in [3.8, 4) is 5.75 Å². The largest absolute Gasteiger partial charge is 0.496 e. The third kappa shape index (κ3) is 4.38. The second-order valence-electron chi connectivity index (χ2n) is 6.74. The van der Waals surface area contributed by atoms with E-state index in [1.807, 2.05) is 49.5 Å². The van der Waals surface area contributed by atoms with Gasteiger partial charge in [0.2, 0.25) is 5.91 Å². The van der Waals surface area contributed by atoms with Crippen molar-refractivity contribution in [3.63, 3.8) is 0 Å². The van der Waals surface area contributed by atoms with E-state index in [1.165, 1.54) is 19.3 Å². The van der Waals surface area contributed by atoms with Crippen molar-refractivity contribution < 1.29 is 9.53 Å². The normalized spacial score (nSPS) is 16.0. The standard InChI is InChI=1S/C21H26N2O2/c1-16-11-12-19(25-2)17(14-16)15-21(24)23-13-7-6-10-20(23)22-18-8-4-3-5-9-18/h6-7,10-14,18H,3-5,8-9,15H2,1-2H3. The lowest BCUT2D eigenvalue weighted by Gasteiger charge is -2.18. The Morgan fingerprint density at radius 2 is 2.00 bits per heavy atom. The number of aromatic nitrogens is 1. The summed E-state index contributed by atoms with van der Waals surface area (Å²) >= 11 is 0. The molecule has 4 nitrogen and oxygen atoms in total. The molecule has 132 valence electrons. The van der Waals surface area contributed by atoms with Crippen LogP contribution in [0.1, 0.15) is 48.0 Å². The van der Waals surface area contributed by atoms with Crippen LogP contribution in [-0.2, 0) is 6.42 Å². The molecule has 0 saturated heterocycles. The van der Waals surface area contributed by atoms with E-state index >= 15 is 0 Å². The number of aryl methyl sites for hydroxylation is 1. The van der Waals surface area contributed by atoms with Crippen LogP contribution in [0.3, 0.4) is 0 Å². The molecular formula is C21H26N2O2. The van der Waals surface area contributed by atoms with Gasteiger partial charge in [0, 0.05) is 11.8 Å². The molecule has 1 aromatic heterocycles. The minimum atomic E-state index is 0.0130. The summed E-state index contributed by atoms with van der Waals surface area (Å²) in [6, 6.07) is 12.0. The van der Waals surface area contributed by atoms with Crippen LogP contribution in [0.25, 0.3) is 0 Å². The quantitative estimate of drug-likeness (QED) is 0.848. The third-order valence-corrected chi connectivity index (χ3v) is 4.77. The number of rotatable bonds is 4. The molecule has 0 aliphatic heterocycles. The first kappa shape index (κ1) is 17.5. The van der Waals surface area contributed by atoms with Gasteiger partial charge in [-0.05, 0) is 38.0 Å². The summed E-state index contributed by atoms with van der Waals surface area (Å²) in [5, 5.41) is 0. The monoisotopic (exact) mass is 338 g/mol. The number of hydrogen-bond acceptors (Lipinski definition) is 3. The van der Waals surface area contributed by atoms with Crippen molar-refractivity contribution in [3.05, 3.63) is 59.2 Å².